The highest BCUT2D eigenvalue weighted by Gasteiger charge is 2.58. The van der Waals surface area contributed by atoms with Gasteiger partial charge in [0.25, 0.3) is 0 Å². The number of carbonyl (C=O) groups is 2. The molecule has 16 heteroatoms. The number of methoxy groups -OCH3 is 6. The number of halogens is 2. The summed E-state index contributed by atoms with van der Waals surface area (Å²) in [5.74, 6) is 0.923. The first-order valence-electron chi connectivity index (χ1n) is 24.5. The van der Waals surface area contributed by atoms with E-state index in [-0.39, 0.29) is 45.2 Å². The lowest BCUT2D eigenvalue weighted by Crippen LogP contribution is -2.40. The number of fused-ring (bicyclic) bond motifs is 2. The van der Waals surface area contributed by atoms with Crippen LogP contribution in [0.1, 0.15) is 79.7 Å². The van der Waals surface area contributed by atoms with E-state index in [1.807, 2.05) is 135 Å². The van der Waals surface area contributed by atoms with Crippen LogP contribution in [0.15, 0.2) is 154 Å². The van der Waals surface area contributed by atoms with Gasteiger partial charge in [-0.3, -0.25) is 9.59 Å². The Morgan fingerprint density at radius 2 is 0.782 bits per heavy atom. The molecule has 4 bridgehead atoms. The number of carbonyl (C=O) groups excluding carboxylic acids is 2. The predicted octanol–water partition coefficient (Wildman–Crippen LogP) is 10.9. The van der Waals surface area contributed by atoms with E-state index in [4.69, 9.17) is 28.4 Å². The van der Waals surface area contributed by atoms with Crippen LogP contribution in [0.5, 0.6) is 34.5 Å². The van der Waals surface area contributed by atoms with Gasteiger partial charge < -0.3 is 59.8 Å². The van der Waals surface area contributed by atoms with E-state index in [9.17, 15) is 30.0 Å². The third kappa shape index (κ3) is 9.47. The topological polar surface area (TPSA) is 233 Å². The van der Waals surface area contributed by atoms with Crippen molar-refractivity contribution < 1.29 is 69.4 Å². The highest BCUT2D eigenvalue weighted by Crippen LogP contribution is 2.63. The molecule has 0 radical (unpaired) electrons. The average Bonchev–Trinajstić information content (AvgIpc) is 3.85. The Hall–Kier alpha value is -7.18. The minimum absolute atomic E-state index is 0. The molecule has 0 heterocycles. The van der Waals surface area contributed by atoms with Gasteiger partial charge in [0.1, 0.15) is 55.0 Å². The maximum Gasteiger partial charge on any atom is 0.174 e. The molecule has 0 unspecified atom stereocenters. The second-order valence-electron chi connectivity index (χ2n) is 19.3. The van der Waals surface area contributed by atoms with Gasteiger partial charge in [-0.2, -0.15) is 0 Å². The largest absolute Gasteiger partial charge is 0.507 e. The number of aryl methyl sites for hydroxylation is 2. The van der Waals surface area contributed by atoms with Crippen LogP contribution in [-0.2, 0) is 22.4 Å². The molecule has 6 aromatic carbocycles. The summed E-state index contributed by atoms with van der Waals surface area (Å²) in [6, 6.07) is 35.0. The maximum atomic E-state index is 13.8. The van der Waals surface area contributed by atoms with Gasteiger partial charge >= 0.3 is 0 Å². The predicted molar refractivity (Wildman–Crippen MR) is 305 cm³/mol. The standard InChI is InChI=1S/2C25H23BrO6.2C6H6.2H2O/c2*1-11-7-14-18(15(8-11)30-2)22(28)19-21(27)13-5-6-25(19,24(14)29)10-12-9-16(31-3)20(26)23(32-4)17(12)13;2*1-2-4-6-5-3-1;;/h2*5-9,13,24,28-29H,10H2,1-4H3;2*1-6H;2*1H2/t2*13-,24+,25-;;;;/m10..../s1. The van der Waals surface area contributed by atoms with E-state index in [1.165, 1.54) is 14.2 Å². The Labute approximate surface area is 469 Å². The summed E-state index contributed by atoms with van der Waals surface area (Å²) in [6.45, 7) is 3.80. The molecule has 8 aliphatic carbocycles. The number of rotatable bonds is 6. The smallest absolute Gasteiger partial charge is 0.174 e. The first-order chi connectivity index (χ1) is 36.6. The van der Waals surface area contributed by atoms with Crippen LogP contribution in [0.3, 0.4) is 0 Å². The van der Waals surface area contributed by atoms with E-state index in [0.717, 1.165) is 22.3 Å². The van der Waals surface area contributed by atoms with Gasteiger partial charge in [0.2, 0.25) is 0 Å². The summed E-state index contributed by atoms with van der Waals surface area (Å²) in [4.78, 5) is 27.7. The Kier molecular flexibility index (Phi) is 17.6. The zero-order valence-corrected chi connectivity index (χ0v) is 47.4. The lowest BCUT2D eigenvalue weighted by atomic mass is 9.61. The van der Waals surface area contributed by atoms with E-state index in [2.05, 4.69) is 31.9 Å². The van der Waals surface area contributed by atoms with Crippen molar-refractivity contribution in [2.75, 3.05) is 42.7 Å². The second kappa shape index (κ2) is 23.4. The van der Waals surface area contributed by atoms with Crippen LogP contribution >= 0.6 is 31.9 Å². The van der Waals surface area contributed by atoms with Crippen molar-refractivity contribution in [2.24, 2.45) is 10.8 Å². The van der Waals surface area contributed by atoms with Gasteiger partial charge in [-0.25, -0.2) is 0 Å². The third-order valence-electron chi connectivity index (χ3n) is 15.1. The summed E-state index contributed by atoms with van der Waals surface area (Å²) in [5, 5.41) is 46.2. The number of hydrogen-bond acceptors (Lipinski definition) is 12. The van der Waals surface area contributed by atoms with Crippen molar-refractivity contribution >= 4 is 54.9 Å². The molecule has 0 aromatic heterocycles. The van der Waals surface area contributed by atoms with Crippen LogP contribution in [0.2, 0.25) is 0 Å². The van der Waals surface area contributed by atoms with E-state index >= 15 is 0 Å². The van der Waals surface area contributed by atoms with Crippen molar-refractivity contribution in [1.29, 1.82) is 0 Å². The molecule has 6 atom stereocenters. The van der Waals surface area contributed by atoms with Crippen molar-refractivity contribution in [3.05, 3.63) is 209 Å². The first kappa shape index (κ1) is 58.5. The number of hydrogen-bond donors (Lipinski definition) is 4. The van der Waals surface area contributed by atoms with Crippen LogP contribution in [0.4, 0.5) is 0 Å². The molecule has 14 nitrogen and oxygen atoms in total. The maximum absolute atomic E-state index is 13.8. The monoisotopic (exact) mass is 1190 g/mol. The zero-order chi connectivity index (χ0) is 54.4. The van der Waals surface area contributed by atoms with E-state index in [1.54, 1.807) is 40.6 Å². The molecule has 78 heavy (non-hydrogen) atoms. The highest BCUT2D eigenvalue weighted by atomic mass is 79.9. The summed E-state index contributed by atoms with van der Waals surface area (Å²) in [6.07, 6.45) is 5.87. The summed E-state index contributed by atoms with van der Waals surface area (Å²) in [5.41, 5.74) is 4.88. The molecule has 0 saturated heterocycles. The molecule has 0 fully saturated rings. The summed E-state index contributed by atoms with van der Waals surface area (Å²) >= 11 is 7.07. The van der Waals surface area contributed by atoms with Gasteiger partial charge in [-0.1, -0.05) is 109 Å². The molecular weight excluding hydrogens is 1130 g/mol. The van der Waals surface area contributed by atoms with E-state index < -0.39 is 34.9 Å². The molecule has 6 aromatic rings. The van der Waals surface area contributed by atoms with Crippen LogP contribution < -0.4 is 28.4 Å². The molecule has 8 N–H and O–H groups in total. The molecule has 14 rings (SSSR count). The average molecular weight is 1190 g/mol. The van der Waals surface area contributed by atoms with Crippen molar-refractivity contribution in [2.45, 2.75) is 50.7 Å². The Morgan fingerprint density at radius 1 is 0.474 bits per heavy atom. The van der Waals surface area contributed by atoms with Crippen molar-refractivity contribution in [1.82, 2.24) is 0 Å². The van der Waals surface area contributed by atoms with Gasteiger partial charge in [0.15, 0.2) is 11.6 Å². The number of aliphatic hydroxyl groups excluding tert-OH is 4. The Bertz CT molecular complexity index is 3130. The normalized spacial score (nSPS) is 21.8. The fourth-order valence-electron chi connectivity index (χ4n) is 11.8. The number of ether oxygens (including phenoxy) is 6. The lowest BCUT2D eigenvalue weighted by molar-refractivity contribution is -0.118. The minimum Gasteiger partial charge on any atom is -0.507 e. The van der Waals surface area contributed by atoms with Gasteiger partial charge in [-0.05, 0) is 116 Å². The van der Waals surface area contributed by atoms with Crippen molar-refractivity contribution in [3.63, 3.8) is 0 Å². The van der Waals surface area contributed by atoms with Gasteiger partial charge in [-0.15, -0.1) is 0 Å². The van der Waals surface area contributed by atoms with E-state index in [0.29, 0.717) is 89.7 Å². The number of ketones is 2. The fraction of sp³-hybridized carbons (Fsp3) is 0.258. The lowest BCUT2D eigenvalue weighted by Gasteiger charge is -2.43. The SMILES string of the molecule is COc1cc2c(c(OC)c1Br)[C@@H]1C=C[C@]3(C2)C(=C(O)c2c(OC)cc(C)cc2[C@H]3O)C1=O.COc1cc2c(c(OC)c1Br)[C@H]1C=C[C@@]3(C2)C(=C(O)c2c(OC)cc(C)cc2[C@@H]3O)C1=O.O.O.c1ccccc1.c1ccccc1. The Balaban J connectivity index is 0.000000182. The fourth-order valence-corrected chi connectivity index (χ4v) is 13.1. The Morgan fingerprint density at radius 3 is 1.06 bits per heavy atom. The van der Waals surface area contributed by atoms with Crippen LogP contribution in [-0.4, -0.2) is 85.6 Å². The van der Waals surface area contributed by atoms with Crippen LogP contribution in [0, 0.1) is 24.7 Å². The zero-order valence-electron chi connectivity index (χ0n) is 44.2. The quantitative estimate of drug-likeness (QED) is 0.114. The molecule has 2 spiro atoms. The summed E-state index contributed by atoms with van der Waals surface area (Å²) in [7, 11) is 9.25. The van der Waals surface area contributed by atoms with Gasteiger partial charge in [0.05, 0.1) is 99.8 Å². The number of benzene rings is 6. The molecule has 0 saturated carbocycles. The molecule has 408 valence electrons. The summed E-state index contributed by atoms with van der Waals surface area (Å²) < 4.78 is 34.7. The number of allylic oxidation sites excluding steroid dienone is 2. The van der Waals surface area contributed by atoms with Gasteiger partial charge in [0, 0.05) is 11.1 Å². The third-order valence-corrected chi connectivity index (χ3v) is 16.6. The highest BCUT2D eigenvalue weighted by molar-refractivity contribution is 9.11. The minimum atomic E-state index is -1.11. The second-order valence-corrected chi connectivity index (χ2v) is 20.8. The first-order valence-corrected chi connectivity index (χ1v) is 26.1. The molecular formula is C62H62Br2O14. The molecule has 0 aliphatic heterocycles. The molecule has 0 amide bonds. The molecule has 8 aliphatic rings. The van der Waals surface area contributed by atoms with Crippen molar-refractivity contribution in [3.8, 4) is 34.5 Å². The number of aliphatic hydroxyl groups is 4. The number of Topliss-reactive ketones (excluding diaryl/α,β-unsaturated/α-hetero) is 2. The van der Waals surface area contributed by atoms with Crippen LogP contribution in [0.25, 0.3) is 11.5 Å².